The van der Waals surface area contributed by atoms with Gasteiger partial charge in [-0.2, -0.15) is 0 Å². The van der Waals surface area contributed by atoms with Crippen LogP contribution in [-0.2, 0) is 32.1 Å². The van der Waals surface area contributed by atoms with Crippen LogP contribution in [0.1, 0.15) is 17.5 Å². The third kappa shape index (κ3) is 6.90. The molecule has 3 rings (SSSR count). The highest BCUT2D eigenvalue weighted by Gasteiger charge is 2.27. The lowest BCUT2D eigenvalue weighted by Crippen LogP contribution is -2.44. The number of esters is 1. The SMILES string of the molecule is O=C(NC(Cc1ccccc1)C(=O)OCC1CC(Br)=NO1)OCc1ccccc1. The number of oxime groups is 1. The maximum Gasteiger partial charge on any atom is 0.408 e. The summed E-state index contributed by atoms with van der Waals surface area (Å²) in [5.74, 6) is -0.558. The number of carbonyl (C=O) groups excluding carboxylic acids is 2. The predicted molar refractivity (Wildman–Crippen MR) is 111 cm³/mol. The van der Waals surface area contributed by atoms with Gasteiger partial charge in [0.05, 0.1) is 0 Å². The lowest BCUT2D eigenvalue weighted by Gasteiger charge is -2.18. The van der Waals surface area contributed by atoms with Gasteiger partial charge in [0.1, 0.15) is 23.9 Å². The number of amides is 1. The van der Waals surface area contributed by atoms with Crippen molar-refractivity contribution in [3.63, 3.8) is 0 Å². The molecule has 0 saturated heterocycles. The minimum atomic E-state index is -0.883. The molecule has 2 aromatic rings. The Morgan fingerprint density at radius 1 is 1.07 bits per heavy atom. The summed E-state index contributed by atoms with van der Waals surface area (Å²) in [4.78, 5) is 30.0. The summed E-state index contributed by atoms with van der Waals surface area (Å²) in [5.41, 5.74) is 1.75. The molecular weight excluding hydrogens is 440 g/mol. The summed E-state index contributed by atoms with van der Waals surface area (Å²) in [6.07, 6.45) is -0.208. The largest absolute Gasteiger partial charge is 0.460 e. The number of nitrogens with one attached hydrogen (secondary N) is 1. The average Bonchev–Trinajstić information content (AvgIpc) is 3.17. The Kier molecular flexibility index (Phi) is 7.63. The van der Waals surface area contributed by atoms with Crippen molar-refractivity contribution in [1.29, 1.82) is 0 Å². The van der Waals surface area contributed by atoms with Crippen molar-refractivity contribution in [1.82, 2.24) is 5.32 Å². The van der Waals surface area contributed by atoms with Crippen molar-refractivity contribution >= 4 is 32.6 Å². The highest BCUT2D eigenvalue weighted by Crippen LogP contribution is 2.15. The molecule has 0 aliphatic carbocycles. The fourth-order valence-electron chi connectivity index (χ4n) is 2.71. The van der Waals surface area contributed by atoms with Gasteiger partial charge in [-0.1, -0.05) is 65.8 Å². The van der Waals surface area contributed by atoms with Crippen LogP contribution in [0.15, 0.2) is 65.8 Å². The van der Waals surface area contributed by atoms with Crippen LogP contribution >= 0.6 is 15.9 Å². The van der Waals surface area contributed by atoms with Gasteiger partial charge in [0, 0.05) is 12.8 Å². The van der Waals surface area contributed by atoms with Gasteiger partial charge in [-0.25, -0.2) is 9.59 Å². The standard InChI is InChI=1S/C21H21BrN2O5/c22-19-12-17(29-24-19)14-27-20(25)18(11-15-7-3-1-4-8-15)23-21(26)28-13-16-9-5-2-6-10-16/h1-10,17-18H,11-14H2,(H,23,26). The number of rotatable bonds is 8. The van der Waals surface area contributed by atoms with Crippen LogP contribution < -0.4 is 5.32 Å². The first kappa shape index (κ1) is 20.9. The summed E-state index contributed by atoms with van der Waals surface area (Å²) >= 11 is 3.24. The molecule has 0 fully saturated rings. The summed E-state index contributed by atoms with van der Waals surface area (Å²) in [7, 11) is 0. The highest BCUT2D eigenvalue weighted by atomic mass is 79.9. The first-order valence-corrected chi connectivity index (χ1v) is 9.95. The molecule has 1 N–H and O–H groups in total. The van der Waals surface area contributed by atoms with E-state index in [0.29, 0.717) is 11.0 Å². The number of hydrogen-bond acceptors (Lipinski definition) is 6. The molecule has 0 spiro atoms. The van der Waals surface area contributed by atoms with E-state index in [-0.39, 0.29) is 25.7 Å². The van der Waals surface area contributed by atoms with Crippen LogP contribution in [0, 0.1) is 0 Å². The van der Waals surface area contributed by atoms with E-state index in [1.807, 2.05) is 60.7 Å². The van der Waals surface area contributed by atoms with Crippen LogP contribution in [0.4, 0.5) is 4.79 Å². The van der Waals surface area contributed by atoms with Crippen molar-refractivity contribution in [2.24, 2.45) is 5.16 Å². The molecule has 2 aromatic carbocycles. The van der Waals surface area contributed by atoms with E-state index in [0.717, 1.165) is 11.1 Å². The Balaban J connectivity index is 1.56. The fraction of sp³-hybridized carbons (Fsp3) is 0.286. The molecule has 0 radical (unpaired) electrons. The predicted octanol–water partition coefficient (Wildman–Crippen LogP) is 3.56. The molecule has 8 heteroatoms. The molecule has 0 saturated carbocycles. The zero-order valence-electron chi connectivity index (χ0n) is 15.6. The van der Waals surface area contributed by atoms with E-state index in [4.69, 9.17) is 14.3 Å². The minimum Gasteiger partial charge on any atom is -0.460 e. The third-order valence-corrected chi connectivity index (χ3v) is 4.65. The van der Waals surface area contributed by atoms with Gasteiger partial charge in [0.2, 0.25) is 0 Å². The van der Waals surface area contributed by atoms with Crippen molar-refractivity contribution in [3.05, 3.63) is 71.8 Å². The van der Waals surface area contributed by atoms with Gasteiger partial charge in [0.15, 0.2) is 6.10 Å². The molecule has 0 aromatic heterocycles. The molecule has 2 atom stereocenters. The second-order valence-corrected chi connectivity index (χ2v) is 7.39. The topological polar surface area (TPSA) is 86.2 Å². The maximum absolute atomic E-state index is 12.6. The van der Waals surface area contributed by atoms with Crippen LogP contribution in [0.25, 0.3) is 0 Å². The fourth-order valence-corrected chi connectivity index (χ4v) is 3.15. The van der Waals surface area contributed by atoms with Gasteiger partial charge in [0.25, 0.3) is 0 Å². The Labute approximate surface area is 177 Å². The van der Waals surface area contributed by atoms with Crippen molar-refractivity contribution in [2.45, 2.75) is 31.6 Å². The molecule has 2 unspecified atom stereocenters. The van der Waals surface area contributed by atoms with E-state index in [2.05, 4.69) is 26.4 Å². The molecule has 0 bridgehead atoms. The van der Waals surface area contributed by atoms with E-state index < -0.39 is 18.1 Å². The first-order chi connectivity index (χ1) is 14.1. The van der Waals surface area contributed by atoms with Gasteiger partial charge in [-0.15, -0.1) is 0 Å². The van der Waals surface area contributed by atoms with Crippen molar-refractivity contribution < 1.29 is 23.9 Å². The number of halogens is 1. The molecule has 1 amide bonds. The number of benzene rings is 2. The van der Waals surface area contributed by atoms with E-state index in [1.54, 1.807) is 0 Å². The summed E-state index contributed by atoms with van der Waals surface area (Å²) in [6, 6.07) is 17.8. The van der Waals surface area contributed by atoms with E-state index in [1.165, 1.54) is 0 Å². The molecule has 7 nitrogen and oxygen atoms in total. The molecule has 1 aliphatic rings. The lowest BCUT2D eigenvalue weighted by atomic mass is 10.1. The Morgan fingerprint density at radius 2 is 1.72 bits per heavy atom. The third-order valence-electron chi connectivity index (χ3n) is 4.18. The van der Waals surface area contributed by atoms with Crippen molar-refractivity contribution in [3.8, 4) is 0 Å². The molecular formula is C21H21BrN2O5. The summed E-state index contributed by atoms with van der Waals surface area (Å²) in [6.45, 7) is 0.157. The number of hydrogen-bond donors (Lipinski definition) is 1. The van der Waals surface area contributed by atoms with Gasteiger partial charge < -0.3 is 19.6 Å². The summed E-state index contributed by atoms with van der Waals surface area (Å²) in [5, 5.41) is 6.37. The van der Waals surface area contributed by atoms with Crippen LogP contribution in [-0.4, -0.2) is 35.4 Å². The number of alkyl carbamates (subject to hydrolysis) is 1. The maximum atomic E-state index is 12.6. The Bertz CT molecular complexity index is 845. The second kappa shape index (κ2) is 10.6. The Hall–Kier alpha value is -2.87. The summed E-state index contributed by atoms with van der Waals surface area (Å²) < 4.78 is 11.2. The molecule has 29 heavy (non-hydrogen) atoms. The smallest absolute Gasteiger partial charge is 0.408 e. The second-order valence-electron chi connectivity index (χ2n) is 6.48. The normalized spacial score (nSPS) is 16.3. The molecule has 1 aliphatic heterocycles. The van der Waals surface area contributed by atoms with Crippen LogP contribution in [0.2, 0.25) is 0 Å². The first-order valence-electron chi connectivity index (χ1n) is 9.16. The average molecular weight is 461 g/mol. The van der Waals surface area contributed by atoms with Crippen LogP contribution in [0.3, 0.4) is 0 Å². The molecule has 1 heterocycles. The Morgan fingerprint density at radius 3 is 2.34 bits per heavy atom. The quantitative estimate of drug-likeness (QED) is 0.608. The van der Waals surface area contributed by atoms with Crippen LogP contribution in [0.5, 0.6) is 0 Å². The molecule has 152 valence electrons. The number of nitrogens with zero attached hydrogens (tertiary/aromatic N) is 1. The van der Waals surface area contributed by atoms with Gasteiger partial charge in [-0.05, 0) is 27.1 Å². The van der Waals surface area contributed by atoms with E-state index >= 15 is 0 Å². The van der Waals surface area contributed by atoms with Gasteiger partial charge in [-0.3, -0.25) is 0 Å². The van der Waals surface area contributed by atoms with Crippen molar-refractivity contribution in [2.75, 3.05) is 6.61 Å². The monoisotopic (exact) mass is 460 g/mol. The minimum absolute atomic E-state index is 0.0451. The number of carbonyl (C=O) groups is 2. The van der Waals surface area contributed by atoms with Gasteiger partial charge >= 0.3 is 12.1 Å². The highest BCUT2D eigenvalue weighted by molar-refractivity contribution is 9.18. The zero-order chi connectivity index (χ0) is 20.5. The number of ether oxygens (including phenoxy) is 2. The lowest BCUT2D eigenvalue weighted by molar-refractivity contribution is -0.149. The van der Waals surface area contributed by atoms with E-state index in [9.17, 15) is 9.59 Å². The zero-order valence-corrected chi connectivity index (χ0v) is 17.2.